The Kier molecular flexibility index (Phi) is 3.72. The molecular weight excluding hydrogens is 224 g/mol. The topological polar surface area (TPSA) is 32.3 Å². The van der Waals surface area contributed by atoms with Gasteiger partial charge in [-0.15, -0.1) is 0 Å². The summed E-state index contributed by atoms with van der Waals surface area (Å²) in [6.45, 7) is 10.2. The summed E-state index contributed by atoms with van der Waals surface area (Å²) in [4.78, 5) is 14.9. The average Bonchev–Trinajstić information content (AvgIpc) is 2.41. The van der Waals surface area contributed by atoms with E-state index in [0.717, 1.165) is 13.1 Å². The van der Waals surface area contributed by atoms with Gasteiger partial charge in [-0.25, -0.2) is 0 Å². The molecule has 0 unspecified atom stereocenters. The molecule has 2 rings (SSSR count). The smallest absolute Gasteiger partial charge is 0.229 e. The number of amides is 1. The van der Waals surface area contributed by atoms with E-state index in [9.17, 15) is 4.79 Å². The molecule has 0 atom stereocenters. The van der Waals surface area contributed by atoms with Crippen LogP contribution in [0.5, 0.6) is 0 Å². The Balaban J connectivity index is 2.20. The molecule has 104 valence electrons. The minimum Gasteiger partial charge on any atom is -0.337 e. The predicted octanol–water partition coefficient (Wildman–Crippen LogP) is 2.56. The van der Waals surface area contributed by atoms with Crippen molar-refractivity contribution in [3.8, 4) is 0 Å². The second kappa shape index (κ2) is 4.84. The van der Waals surface area contributed by atoms with Gasteiger partial charge in [-0.05, 0) is 40.5 Å². The van der Waals surface area contributed by atoms with Crippen LogP contribution >= 0.6 is 0 Å². The first kappa shape index (κ1) is 13.9. The van der Waals surface area contributed by atoms with Crippen LogP contribution in [-0.2, 0) is 4.79 Å². The van der Waals surface area contributed by atoms with E-state index >= 15 is 0 Å². The highest BCUT2D eigenvalue weighted by Crippen LogP contribution is 2.30. The van der Waals surface area contributed by atoms with Crippen molar-refractivity contribution in [3.63, 3.8) is 0 Å². The monoisotopic (exact) mass is 252 g/mol. The van der Waals surface area contributed by atoms with Crippen LogP contribution in [0.25, 0.3) is 0 Å². The third-order valence-corrected chi connectivity index (χ3v) is 4.43. The zero-order valence-electron chi connectivity index (χ0n) is 12.4. The quantitative estimate of drug-likeness (QED) is 0.778. The van der Waals surface area contributed by atoms with Crippen LogP contribution < -0.4 is 5.32 Å². The summed E-state index contributed by atoms with van der Waals surface area (Å²) in [6, 6.07) is 0.477. The van der Waals surface area contributed by atoms with Gasteiger partial charge in [-0.3, -0.25) is 4.79 Å². The van der Waals surface area contributed by atoms with E-state index in [0.29, 0.717) is 11.9 Å². The van der Waals surface area contributed by atoms with Crippen molar-refractivity contribution < 1.29 is 4.79 Å². The fraction of sp³-hybridized carbons (Fsp3) is 0.933. The van der Waals surface area contributed by atoms with Gasteiger partial charge in [0, 0.05) is 24.7 Å². The average molecular weight is 252 g/mol. The van der Waals surface area contributed by atoms with E-state index in [1.807, 2.05) is 0 Å². The molecule has 1 saturated carbocycles. The fourth-order valence-electron chi connectivity index (χ4n) is 3.17. The summed E-state index contributed by atoms with van der Waals surface area (Å²) in [7, 11) is 0. The molecule has 2 aliphatic rings. The molecule has 2 fully saturated rings. The van der Waals surface area contributed by atoms with Crippen LogP contribution in [0.2, 0.25) is 0 Å². The SMILES string of the molecule is CC1(C)CN(C2CCCCC2)C(=O)C(C)(C)CN1. The summed E-state index contributed by atoms with van der Waals surface area (Å²) >= 11 is 0. The largest absolute Gasteiger partial charge is 0.337 e. The number of hydrogen-bond donors (Lipinski definition) is 1. The van der Waals surface area contributed by atoms with Gasteiger partial charge < -0.3 is 10.2 Å². The van der Waals surface area contributed by atoms with Gasteiger partial charge in [0.05, 0.1) is 5.41 Å². The molecule has 1 saturated heterocycles. The van der Waals surface area contributed by atoms with Crippen molar-refractivity contribution >= 4 is 5.91 Å². The van der Waals surface area contributed by atoms with E-state index in [1.54, 1.807) is 0 Å². The normalized spacial score (nSPS) is 29.1. The highest BCUT2D eigenvalue weighted by atomic mass is 16.2. The van der Waals surface area contributed by atoms with E-state index in [-0.39, 0.29) is 11.0 Å². The van der Waals surface area contributed by atoms with E-state index in [2.05, 4.69) is 37.9 Å². The molecule has 0 spiro atoms. The number of rotatable bonds is 1. The van der Waals surface area contributed by atoms with Crippen molar-refractivity contribution in [1.29, 1.82) is 0 Å². The summed E-state index contributed by atoms with van der Waals surface area (Å²) < 4.78 is 0. The van der Waals surface area contributed by atoms with Gasteiger partial charge in [0.25, 0.3) is 0 Å². The molecule has 18 heavy (non-hydrogen) atoms. The Morgan fingerprint density at radius 3 is 2.33 bits per heavy atom. The molecule has 0 aromatic carbocycles. The van der Waals surface area contributed by atoms with E-state index < -0.39 is 0 Å². The molecule has 0 radical (unpaired) electrons. The first-order valence-electron chi connectivity index (χ1n) is 7.38. The molecular formula is C15H28N2O. The molecule has 0 bridgehead atoms. The highest BCUT2D eigenvalue weighted by molar-refractivity contribution is 5.83. The van der Waals surface area contributed by atoms with Crippen LogP contribution in [0.4, 0.5) is 0 Å². The molecule has 0 aromatic heterocycles. The maximum Gasteiger partial charge on any atom is 0.229 e. The molecule has 1 aliphatic heterocycles. The maximum atomic E-state index is 12.7. The molecule has 1 heterocycles. The van der Waals surface area contributed by atoms with Crippen molar-refractivity contribution in [2.75, 3.05) is 13.1 Å². The molecule has 1 amide bonds. The Morgan fingerprint density at radius 2 is 1.72 bits per heavy atom. The summed E-state index contributed by atoms with van der Waals surface area (Å²) in [5.74, 6) is 0.340. The van der Waals surface area contributed by atoms with E-state index in [4.69, 9.17) is 0 Å². The summed E-state index contributed by atoms with van der Waals surface area (Å²) in [5, 5.41) is 3.55. The van der Waals surface area contributed by atoms with Gasteiger partial charge in [-0.2, -0.15) is 0 Å². The van der Waals surface area contributed by atoms with Gasteiger partial charge in [-0.1, -0.05) is 19.3 Å². The van der Waals surface area contributed by atoms with E-state index in [1.165, 1.54) is 32.1 Å². The number of hydrogen-bond acceptors (Lipinski definition) is 2. The zero-order valence-corrected chi connectivity index (χ0v) is 12.4. The first-order chi connectivity index (χ1) is 8.32. The lowest BCUT2D eigenvalue weighted by molar-refractivity contribution is -0.142. The van der Waals surface area contributed by atoms with Crippen LogP contribution in [0.15, 0.2) is 0 Å². The van der Waals surface area contributed by atoms with Crippen LogP contribution in [0.1, 0.15) is 59.8 Å². The highest BCUT2D eigenvalue weighted by Gasteiger charge is 2.41. The predicted molar refractivity (Wildman–Crippen MR) is 74.4 cm³/mol. The standard InChI is InChI=1S/C15H28N2O/c1-14(2)10-16-15(3,4)11-17(13(14)18)12-8-6-5-7-9-12/h12,16H,5-11H2,1-4H3. The molecule has 3 nitrogen and oxygen atoms in total. The lowest BCUT2D eigenvalue weighted by Gasteiger charge is -2.39. The molecule has 0 aromatic rings. The van der Waals surface area contributed by atoms with Crippen LogP contribution in [0, 0.1) is 5.41 Å². The number of carbonyl (C=O) groups excluding carboxylic acids is 1. The summed E-state index contributed by atoms with van der Waals surface area (Å²) in [6.07, 6.45) is 6.28. The molecule has 1 N–H and O–H groups in total. The first-order valence-corrected chi connectivity index (χ1v) is 7.38. The third kappa shape index (κ3) is 2.87. The molecule has 3 heteroatoms. The maximum absolute atomic E-state index is 12.7. The summed E-state index contributed by atoms with van der Waals surface area (Å²) in [5.41, 5.74) is -0.244. The second-order valence-electron chi connectivity index (χ2n) is 7.35. The Hall–Kier alpha value is -0.570. The van der Waals surface area contributed by atoms with Crippen molar-refractivity contribution in [2.24, 2.45) is 5.41 Å². The van der Waals surface area contributed by atoms with Crippen molar-refractivity contribution in [2.45, 2.75) is 71.4 Å². The number of nitrogens with zero attached hydrogens (tertiary/aromatic N) is 1. The third-order valence-electron chi connectivity index (χ3n) is 4.43. The number of carbonyl (C=O) groups is 1. The Labute approximate surface area is 111 Å². The van der Waals surface area contributed by atoms with Crippen molar-refractivity contribution in [3.05, 3.63) is 0 Å². The second-order valence-corrected chi connectivity index (χ2v) is 7.35. The Morgan fingerprint density at radius 1 is 1.11 bits per heavy atom. The Bertz CT molecular complexity index is 316. The van der Waals surface area contributed by atoms with Crippen LogP contribution in [0.3, 0.4) is 0 Å². The van der Waals surface area contributed by atoms with Gasteiger partial charge >= 0.3 is 0 Å². The van der Waals surface area contributed by atoms with Gasteiger partial charge in [0.15, 0.2) is 0 Å². The number of nitrogens with one attached hydrogen (secondary N) is 1. The van der Waals surface area contributed by atoms with Crippen LogP contribution in [-0.4, -0.2) is 35.5 Å². The minimum atomic E-state index is -0.273. The zero-order chi connectivity index (χ0) is 13.4. The van der Waals surface area contributed by atoms with Gasteiger partial charge in [0.1, 0.15) is 0 Å². The fourth-order valence-corrected chi connectivity index (χ4v) is 3.17. The van der Waals surface area contributed by atoms with Crippen molar-refractivity contribution in [1.82, 2.24) is 10.2 Å². The lowest BCUT2D eigenvalue weighted by atomic mass is 9.88. The minimum absolute atomic E-state index is 0.0286. The van der Waals surface area contributed by atoms with Gasteiger partial charge in [0.2, 0.25) is 5.91 Å². The molecule has 1 aliphatic carbocycles. The lowest BCUT2D eigenvalue weighted by Crippen LogP contribution is -2.51.